The average molecular weight is 200 g/mol. The van der Waals surface area contributed by atoms with Gasteiger partial charge in [-0.05, 0) is 13.8 Å². The molecular formula is C8H12N2O2S. The van der Waals surface area contributed by atoms with E-state index in [1.807, 2.05) is 0 Å². The maximum absolute atomic E-state index is 11.5. The van der Waals surface area contributed by atoms with Gasteiger partial charge in [-0.1, -0.05) is 0 Å². The predicted molar refractivity (Wildman–Crippen MR) is 54.6 cm³/mol. The molecule has 0 saturated heterocycles. The Hall–Kier alpha value is -0.970. The van der Waals surface area contributed by atoms with Gasteiger partial charge in [0.15, 0.2) is 0 Å². The Morgan fingerprint density at radius 3 is 2.46 bits per heavy atom. The molecule has 1 aromatic rings. The van der Waals surface area contributed by atoms with Crippen LogP contribution in [0.3, 0.4) is 0 Å². The maximum Gasteiger partial charge on any atom is 0.268 e. The van der Waals surface area contributed by atoms with Crippen molar-refractivity contribution < 1.29 is 0 Å². The average Bonchev–Trinajstić information content (AvgIpc) is 2.11. The van der Waals surface area contributed by atoms with Crippen molar-refractivity contribution in [1.82, 2.24) is 9.78 Å². The Labute approximate surface area is 81.0 Å². The summed E-state index contributed by atoms with van der Waals surface area (Å²) in [4.78, 5) is 22.7. The van der Waals surface area contributed by atoms with Crippen LogP contribution < -0.4 is 11.1 Å². The molecule has 0 radical (unpaired) electrons. The van der Waals surface area contributed by atoms with Gasteiger partial charge < -0.3 is 0 Å². The van der Waals surface area contributed by atoms with Gasteiger partial charge in [-0.3, -0.25) is 14.7 Å². The van der Waals surface area contributed by atoms with Gasteiger partial charge in [-0.25, -0.2) is 4.68 Å². The molecule has 72 valence electrons. The van der Waals surface area contributed by atoms with Crippen LogP contribution >= 0.6 is 12.6 Å². The van der Waals surface area contributed by atoms with E-state index < -0.39 is 0 Å². The third-order valence-electron chi connectivity index (χ3n) is 2.03. The zero-order chi connectivity index (χ0) is 10.0. The van der Waals surface area contributed by atoms with Crippen LogP contribution in [0.15, 0.2) is 9.59 Å². The summed E-state index contributed by atoms with van der Waals surface area (Å²) < 4.78 is 1.29. The molecule has 0 unspecified atom stereocenters. The van der Waals surface area contributed by atoms with Gasteiger partial charge >= 0.3 is 0 Å². The summed E-state index contributed by atoms with van der Waals surface area (Å²) in [7, 11) is 0. The summed E-state index contributed by atoms with van der Waals surface area (Å²) in [5, 5.41) is 2.49. The van der Waals surface area contributed by atoms with E-state index in [0.717, 1.165) is 0 Å². The van der Waals surface area contributed by atoms with Crippen molar-refractivity contribution in [3.63, 3.8) is 0 Å². The second kappa shape index (κ2) is 3.83. The number of hydrogen-bond donors (Lipinski definition) is 2. The van der Waals surface area contributed by atoms with Crippen LogP contribution in [0.5, 0.6) is 0 Å². The van der Waals surface area contributed by atoms with Gasteiger partial charge in [0.2, 0.25) is 0 Å². The summed E-state index contributed by atoms with van der Waals surface area (Å²) in [6.45, 7) is 3.72. The topological polar surface area (TPSA) is 54.9 Å². The van der Waals surface area contributed by atoms with Crippen molar-refractivity contribution in [2.45, 2.75) is 20.4 Å². The quantitative estimate of drug-likeness (QED) is 0.664. The molecule has 0 aromatic carbocycles. The molecule has 0 amide bonds. The number of aromatic amines is 1. The van der Waals surface area contributed by atoms with Crippen LogP contribution in [0.4, 0.5) is 0 Å². The first-order valence-electron chi connectivity index (χ1n) is 3.99. The molecule has 0 atom stereocenters. The van der Waals surface area contributed by atoms with Crippen LogP contribution in [0.1, 0.15) is 11.1 Å². The molecule has 1 N–H and O–H groups in total. The van der Waals surface area contributed by atoms with Crippen molar-refractivity contribution in [3.8, 4) is 0 Å². The SMILES string of the molecule is Cc1c(C)c(=O)n(CCS)[nH]c1=O. The fourth-order valence-corrected chi connectivity index (χ4v) is 1.25. The molecule has 0 aliphatic carbocycles. The first-order valence-corrected chi connectivity index (χ1v) is 4.62. The number of thiol groups is 1. The molecule has 4 nitrogen and oxygen atoms in total. The summed E-state index contributed by atoms with van der Waals surface area (Å²) in [6, 6.07) is 0. The van der Waals surface area contributed by atoms with Gasteiger partial charge in [-0.2, -0.15) is 12.6 Å². The second-order valence-electron chi connectivity index (χ2n) is 2.87. The van der Waals surface area contributed by atoms with Crippen molar-refractivity contribution in [2.75, 3.05) is 5.75 Å². The van der Waals surface area contributed by atoms with Crippen molar-refractivity contribution in [2.24, 2.45) is 0 Å². The molecular weight excluding hydrogens is 188 g/mol. The van der Waals surface area contributed by atoms with Crippen LogP contribution in [-0.4, -0.2) is 15.5 Å². The number of H-pyrrole nitrogens is 1. The monoisotopic (exact) mass is 200 g/mol. The smallest absolute Gasteiger partial charge is 0.268 e. The van der Waals surface area contributed by atoms with E-state index in [4.69, 9.17) is 0 Å². The molecule has 0 bridgehead atoms. The van der Waals surface area contributed by atoms with Gasteiger partial charge in [0, 0.05) is 16.9 Å². The van der Waals surface area contributed by atoms with Crippen molar-refractivity contribution >= 4 is 12.6 Å². The van der Waals surface area contributed by atoms with Crippen LogP contribution in [0.25, 0.3) is 0 Å². The fraction of sp³-hybridized carbons (Fsp3) is 0.500. The van der Waals surface area contributed by atoms with Crippen LogP contribution in [0.2, 0.25) is 0 Å². The van der Waals surface area contributed by atoms with E-state index in [2.05, 4.69) is 17.7 Å². The zero-order valence-corrected chi connectivity index (χ0v) is 8.52. The maximum atomic E-state index is 11.5. The Morgan fingerprint density at radius 2 is 1.92 bits per heavy atom. The summed E-state index contributed by atoms with van der Waals surface area (Å²) in [5.41, 5.74) is 0.635. The Balaban J connectivity index is 3.42. The first-order chi connectivity index (χ1) is 6.07. The highest BCUT2D eigenvalue weighted by Crippen LogP contribution is 1.91. The minimum atomic E-state index is -0.209. The third-order valence-corrected chi connectivity index (χ3v) is 2.23. The van der Waals surface area contributed by atoms with E-state index in [-0.39, 0.29) is 11.1 Å². The summed E-state index contributed by atoms with van der Waals surface area (Å²) >= 11 is 3.99. The summed E-state index contributed by atoms with van der Waals surface area (Å²) in [5.74, 6) is 0.526. The largest absolute Gasteiger partial charge is 0.268 e. The molecule has 0 aliphatic rings. The lowest BCUT2D eigenvalue weighted by Gasteiger charge is -2.05. The standard InChI is InChI=1S/C8H12N2O2S/c1-5-6(2)8(12)10(3-4-13)9-7(5)11/h13H,3-4H2,1-2H3,(H,9,11). The van der Waals surface area contributed by atoms with Crippen LogP contribution in [-0.2, 0) is 6.54 Å². The number of nitrogens with one attached hydrogen (secondary N) is 1. The number of aryl methyl sites for hydroxylation is 1. The van der Waals surface area contributed by atoms with E-state index in [1.165, 1.54) is 4.68 Å². The number of aromatic nitrogens is 2. The number of hydrogen-bond acceptors (Lipinski definition) is 3. The van der Waals surface area contributed by atoms with Gasteiger partial charge in [0.1, 0.15) is 0 Å². The lowest BCUT2D eigenvalue weighted by molar-refractivity contribution is 0.603. The Kier molecular flexibility index (Phi) is 2.98. The molecule has 5 heteroatoms. The zero-order valence-electron chi connectivity index (χ0n) is 7.63. The summed E-state index contributed by atoms with van der Waals surface area (Å²) in [6.07, 6.45) is 0. The van der Waals surface area contributed by atoms with Crippen molar-refractivity contribution in [3.05, 3.63) is 31.8 Å². The lowest BCUT2D eigenvalue weighted by atomic mass is 10.2. The minimum Gasteiger partial charge on any atom is -0.268 e. The second-order valence-corrected chi connectivity index (χ2v) is 3.32. The number of nitrogens with zero attached hydrogens (tertiary/aromatic N) is 1. The van der Waals surface area contributed by atoms with Gasteiger partial charge in [-0.15, -0.1) is 0 Å². The molecule has 0 aliphatic heterocycles. The normalized spacial score (nSPS) is 10.4. The highest BCUT2D eigenvalue weighted by Gasteiger charge is 2.05. The fourth-order valence-electron chi connectivity index (χ4n) is 1.05. The molecule has 1 heterocycles. The molecule has 1 rings (SSSR count). The van der Waals surface area contributed by atoms with Gasteiger partial charge in [0.05, 0.1) is 6.54 Å². The first kappa shape index (κ1) is 10.1. The van der Waals surface area contributed by atoms with E-state index >= 15 is 0 Å². The number of rotatable bonds is 2. The van der Waals surface area contributed by atoms with Gasteiger partial charge in [0.25, 0.3) is 11.1 Å². The Bertz CT molecular complexity index is 419. The van der Waals surface area contributed by atoms with Crippen molar-refractivity contribution in [1.29, 1.82) is 0 Å². The van der Waals surface area contributed by atoms with E-state index in [9.17, 15) is 9.59 Å². The van der Waals surface area contributed by atoms with E-state index in [0.29, 0.717) is 23.4 Å². The lowest BCUT2D eigenvalue weighted by Crippen LogP contribution is -2.33. The molecule has 0 saturated carbocycles. The van der Waals surface area contributed by atoms with E-state index in [1.54, 1.807) is 13.8 Å². The van der Waals surface area contributed by atoms with Crippen LogP contribution in [0, 0.1) is 13.8 Å². The molecule has 13 heavy (non-hydrogen) atoms. The predicted octanol–water partition coefficient (Wildman–Crippen LogP) is 0.0832. The Morgan fingerprint density at radius 1 is 1.31 bits per heavy atom. The molecule has 1 aromatic heterocycles. The minimum absolute atomic E-state index is 0.147. The highest BCUT2D eigenvalue weighted by molar-refractivity contribution is 7.80. The third kappa shape index (κ3) is 1.85. The molecule has 0 spiro atoms. The highest BCUT2D eigenvalue weighted by atomic mass is 32.1. The molecule has 0 fully saturated rings.